The zero-order chi connectivity index (χ0) is 23.0. The number of rotatable bonds is 4. The molecule has 2 heterocycles. The minimum atomic E-state index is -4.12. The fourth-order valence-electron chi connectivity index (χ4n) is 4.22. The number of piperidine rings is 1. The van der Waals surface area contributed by atoms with Gasteiger partial charge in [0.15, 0.2) is 0 Å². The first kappa shape index (κ1) is 22.3. The number of carbonyl (C=O) groups is 1. The molecule has 2 aliphatic rings. The first-order chi connectivity index (χ1) is 15.2. The largest absolute Gasteiger partial charge is 0.476 e. The van der Waals surface area contributed by atoms with Crippen molar-refractivity contribution in [3.05, 3.63) is 42.0 Å². The predicted molar refractivity (Wildman–Crippen MR) is 117 cm³/mol. The monoisotopic (exact) mass is 449 g/mol. The molecular weight excluding hydrogens is 423 g/mol. The van der Waals surface area contributed by atoms with Crippen molar-refractivity contribution in [1.82, 2.24) is 0 Å². The van der Waals surface area contributed by atoms with E-state index in [-0.39, 0.29) is 18.7 Å². The molecule has 1 amide bonds. The number of aliphatic hydroxyl groups excluding tert-OH is 1. The lowest BCUT2D eigenvalue weighted by molar-refractivity contribution is -0.179. The second-order valence-corrected chi connectivity index (χ2v) is 8.30. The van der Waals surface area contributed by atoms with Crippen molar-refractivity contribution in [2.75, 3.05) is 41.9 Å². The molecular formula is C23H26F3N3O3. The van der Waals surface area contributed by atoms with Gasteiger partial charge in [0.05, 0.1) is 18.2 Å². The first-order valence-electron chi connectivity index (χ1n) is 10.6. The number of aliphatic hydroxyl groups is 1. The second-order valence-electron chi connectivity index (χ2n) is 8.30. The van der Waals surface area contributed by atoms with Crippen molar-refractivity contribution in [1.29, 1.82) is 0 Å². The Balaban J connectivity index is 1.47. The van der Waals surface area contributed by atoms with E-state index in [1.807, 2.05) is 36.1 Å². The number of anilines is 4. The molecule has 0 saturated carbocycles. The van der Waals surface area contributed by atoms with E-state index in [9.17, 15) is 23.1 Å². The lowest BCUT2D eigenvalue weighted by Gasteiger charge is -2.34. The number of alkyl halides is 3. The highest BCUT2D eigenvalue weighted by Gasteiger charge is 2.41. The van der Waals surface area contributed by atoms with E-state index in [1.54, 1.807) is 19.2 Å². The molecule has 0 spiro atoms. The van der Waals surface area contributed by atoms with Crippen LogP contribution < -0.4 is 19.9 Å². The summed E-state index contributed by atoms with van der Waals surface area (Å²) in [6, 6.07) is 11.2. The number of nitrogens with one attached hydrogen (secondary N) is 1. The van der Waals surface area contributed by atoms with Crippen LogP contribution in [0.15, 0.2) is 36.4 Å². The van der Waals surface area contributed by atoms with Gasteiger partial charge in [0.25, 0.3) is 5.91 Å². The van der Waals surface area contributed by atoms with E-state index < -0.39 is 24.8 Å². The van der Waals surface area contributed by atoms with E-state index in [4.69, 9.17) is 4.74 Å². The van der Waals surface area contributed by atoms with Gasteiger partial charge in [0, 0.05) is 43.3 Å². The average molecular weight is 449 g/mol. The Kier molecular flexibility index (Phi) is 5.94. The molecule has 1 saturated heterocycles. The molecule has 172 valence electrons. The predicted octanol–water partition coefficient (Wildman–Crippen LogP) is 4.23. The van der Waals surface area contributed by atoms with Crippen LogP contribution in [0.4, 0.5) is 35.9 Å². The third-order valence-corrected chi connectivity index (χ3v) is 6.17. The molecule has 2 N–H and O–H groups in total. The number of aryl methyl sites for hydroxylation is 1. The fraction of sp³-hybridized carbons (Fsp3) is 0.435. The van der Waals surface area contributed by atoms with Gasteiger partial charge in [-0.25, -0.2) is 0 Å². The van der Waals surface area contributed by atoms with Crippen LogP contribution in [0.3, 0.4) is 0 Å². The van der Waals surface area contributed by atoms with Crippen LogP contribution in [0.25, 0.3) is 0 Å². The maximum Gasteiger partial charge on any atom is 0.391 e. The summed E-state index contributed by atoms with van der Waals surface area (Å²) in [5.41, 5.74) is 4.11. The second kappa shape index (κ2) is 8.54. The van der Waals surface area contributed by atoms with Gasteiger partial charge in [-0.05, 0) is 55.7 Å². The van der Waals surface area contributed by atoms with Crippen molar-refractivity contribution in [3.8, 4) is 5.75 Å². The van der Waals surface area contributed by atoms with Crippen LogP contribution in [0, 0.1) is 12.8 Å². The minimum Gasteiger partial charge on any atom is -0.476 e. The van der Waals surface area contributed by atoms with E-state index in [1.165, 1.54) is 4.90 Å². The Morgan fingerprint density at radius 2 is 1.88 bits per heavy atom. The molecule has 1 fully saturated rings. The SMILES string of the molecule is Cc1cc(N2CCC(C(F)(F)F)CC2)ccc1Nc1ccc2c(c1)OC(CO)C(=O)N2C. The zero-order valence-electron chi connectivity index (χ0n) is 17.9. The van der Waals surface area contributed by atoms with Crippen molar-refractivity contribution in [2.24, 2.45) is 5.92 Å². The molecule has 2 aromatic carbocycles. The number of likely N-dealkylation sites (N-methyl/N-ethyl adjacent to an activating group) is 1. The van der Waals surface area contributed by atoms with Crippen LogP contribution in [0.2, 0.25) is 0 Å². The topological polar surface area (TPSA) is 65.0 Å². The maximum atomic E-state index is 12.9. The van der Waals surface area contributed by atoms with Gasteiger partial charge in [-0.15, -0.1) is 0 Å². The van der Waals surface area contributed by atoms with E-state index in [0.29, 0.717) is 24.5 Å². The standard InChI is InChI=1S/C23H26F3N3O3/c1-14-11-17(29-9-7-15(8-10-29)23(24,25)26)4-5-18(14)27-16-3-6-19-20(12-16)32-21(13-30)22(31)28(19)2/h3-6,11-12,15,21,27,30H,7-10,13H2,1-2H3. The number of halogens is 3. The molecule has 2 aliphatic heterocycles. The number of ether oxygens (including phenoxy) is 1. The molecule has 1 atom stereocenters. The Morgan fingerprint density at radius 1 is 1.16 bits per heavy atom. The zero-order valence-corrected chi connectivity index (χ0v) is 17.9. The molecule has 0 bridgehead atoms. The number of hydrogen-bond acceptors (Lipinski definition) is 5. The van der Waals surface area contributed by atoms with Crippen LogP contribution in [0.5, 0.6) is 5.75 Å². The molecule has 2 aromatic rings. The summed E-state index contributed by atoms with van der Waals surface area (Å²) < 4.78 is 44.4. The van der Waals surface area contributed by atoms with Crippen molar-refractivity contribution < 1.29 is 27.8 Å². The number of nitrogens with zero attached hydrogens (tertiary/aromatic N) is 2. The smallest absolute Gasteiger partial charge is 0.391 e. The lowest BCUT2D eigenvalue weighted by Crippen LogP contribution is -2.45. The van der Waals surface area contributed by atoms with Gasteiger partial charge in [0.2, 0.25) is 6.10 Å². The van der Waals surface area contributed by atoms with Crippen molar-refractivity contribution in [2.45, 2.75) is 32.0 Å². The van der Waals surface area contributed by atoms with Crippen molar-refractivity contribution >= 4 is 28.7 Å². The summed E-state index contributed by atoms with van der Waals surface area (Å²) in [6.07, 6.45) is -4.81. The number of fused-ring (bicyclic) bond motifs is 1. The maximum absolute atomic E-state index is 12.9. The van der Waals surface area contributed by atoms with Crippen LogP contribution in [0.1, 0.15) is 18.4 Å². The highest BCUT2D eigenvalue weighted by atomic mass is 19.4. The Morgan fingerprint density at radius 3 is 2.50 bits per heavy atom. The lowest BCUT2D eigenvalue weighted by atomic mass is 9.96. The van der Waals surface area contributed by atoms with Crippen LogP contribution >= 0.6 is 0 Å². The van der Waals surface area contributed by atoms with Gasteiger partial charge in [-0.2, -0.15) is 13.2 Å². The summed E-state index contributed by atoms with van der Waals surface area (Å²) in [4.78, 5) is 15.6. The molecule has 32 heavy (non-hydrogen) atoms. The number of hydrogen-bond donors (Lipinski definition) is 2. The average Bonchev–Trinajstić information content (AvgIpc) is 2.77. The third kappa shape index (κ3) is 4.34. The van der Waals surface area contributed by atoms with Gasteiger partial charge < -0.3 is 25.0 Å². The highest BCUT2D eigenvalue weighted by Crippen LogP contribution is 2.38. The summed E-state index contributed by atoms with van der Waals surface area (Å²) in [7, 11) is 1.64. The normalized spacial score (nSPS) is 19.6. The van der Waals surface area contributed by atoms with Gasteiger partial charge in [-0.1, -0.05) is 0 Å². The Hall–Kier alpha value is -2.94. The molecule has 4 rings (SSSR count). The van der Waals surface area contributed by atoms with E-state index in [0.717, 1.165) is 22.6 Å². The Labute approximate surface area is 184 Å². The number of benzene rings is 2. The molecule has 0 aliphatic carbocycles. The quantitative estimate of drug-likeness (QED) is 0.731. The molecule has 6 nitrogen and oxygen atoms in total. The summed E-state index contributed by atoms with van der Waals surface area (Å²) >= 11 is 0. The van der Waals surface area contributed by atoms with Gasteiger partial charge in [0.1, 0.15) is 5.75 Å². The third-order valence-electron chi connectivity index (χ3n) is 6.17. The van der Waals surface area contributed by atoms with Crippen LogP contribution in [-0.2, 0) is 4.79 Å². The van der Waals surface area contributed by atoms with Gasteiger partial charge in [-0.3, -0.25) is 4.79 Å². The minimum absolute atomic E-state index is 0.115. The number of carbonyl (C=O) groups excluding carboxylic acids is 1. The number of amides is 1. The summed E-state index contributed by atoms with van der Waals surface area (Å²) in [5.74, 6) is -1.02. The van der Waals surface area contributed by atoms with Gasteiger partial charge >= 0.3 is 6.18 Å². The van der Waals surface area contributed by atoms with E-state index >= 15 is 0 Å². The molecule has 1 unspecified atom stereocenters. The Bertz CT molecular complexity index is 1000. The molecule has 0 aromatic heterocycles. The van der Waals surface area contributed by atoms with Crippen molar-refractivity contribution in [3.63, 3.8) is 0 Å². The summed E-state index contributed by atoms with van der Waals surface area (Å²) in [5, 5.41) is 12.7. The van der Waals surface area contributed by atoms with E-state index in [2.05, 4.69) is 5.32 Å². The highest BCUT2D eigenvalue weighted by molar-refractivity contribution is 6.00. The van der Waals surface area contributed by atoms with Crippen LogP contribution in [-0.4, -0.2) is 50.0 Å². The fourth-order valence-corrected chi connectivity index (χ4v) is 4.22. The first-order valence-corrected chi connectivity index (χ1v) is 10.6. The molecule has 0 radical (unpaired) electrons. The summed E-state index contributed by atoms with van der Waals surface area (Å²) in [6.45, 7) is 2.31. The molecule has 9 heteroatoms.